The number of rotatable bonds is 4. The van der Waals surface area contributed by atoms with Gasteiger partial charge >= 0.3 is 6.03 Å². The first-order valence-corrected chi connectivity index (χ1v) is 4.17. The predicted molar refractivity (Wildman–Crippen MR) is 46.0 cm³/mol. The lowest BCUT2D eigenvalue weighted by atomic mass is 10.5. The van der Waals surface area contributed by atoms with Crippen molar-refractivity contribution in [1.82, 2.24) is 4.72 Å². The molecule has 0 saturated heterocycles. The van der Waals surface area contributed by atoms with E-state index < -0.39 is 11.0 Å². The van der Waals surface area contributed by atoms with Gasteiger partial charge in [0.05, 0.1) is 0 Å². The number of carbonyl (C=O) groups is 1. The third-order valence-corrected chi connectivity index (χ3v) is 1.80. The largest absolute Gasteiger partial charge is 0.363 e. The molecule has 0 aliphatic carbocycles. The number of ether oxygens (including phenoxy) is 1. The molecule has 0 unspecified atom stereocenters. The van der Waals surface area contributed by atoms with Gasteiger partial charge in [-0.1, -0.05) is 0 Å². The third-order valence-electron chi connectivity index (χ3n) is 0.889. The van der Waals surface area contributed by atoms with E-state index in [1.54, 1.807) is 0 Å². The lowest BCUT2D eigenvalue weighted by molar-refractivity contribution is 0.0621. The summed E-state index contributed by atoms with van der Waals surface area (Å²) in [7, 11) is 0. The van der Waals surface area contributed by atoms with Crippen molar-refractivity contribution in [1.29, 1.82) is 0 Å². The summed E-state index contributed by atoms with van der Waals surface area (Å²) in [6.45, 7) is 6.22. The quantitative estimate of drug-likeness (QED) is 0.500. The minimum atomic E-state index is -0.553. The molecule has 0 aliphatic heterocycles. The van der Waals surface area contributed by atoms with Crippen molar-refractivity contribution < 1.29 is 9.53 Å². The molecule has 0 aromatic rings. The van der Waals surface area contributed by atoms with Crippen LogP contribution in [0, 0.1) is 0 Å². The maximum Gasteiger partial charge on any atom is 0.322 e. The lowest BCUT2D eigenvalue weighted by Gasteiger charge is -2.22. The molecular weight excluding hydrogens is 164 g/mol. The third kappa shape index (κ3) is 6.00. The van der Waals surface area contributed by atoms with Crippen LogP contribution in [-0.2, 0) is 4.74 Å². The van der Waals surface area contributed by atoms with Crippen molar-refractivity contribution in [3.63, 3.8) is 0 Å². The van der Waals surface area contributed by atoms with Gasteiger partial charge in [-0.15, -0.1) is 0 Å². The number of nitrogens with one attached hydrogen (secondary N) is 1. The summed E-state index contributed by atoms with van der Waals surface area (Å²) in [4.78, 5) is 9.87. The normalized spacial score (nSPS) is 11.2. The highest BCUT2D eigenvalue weighted by molar-refractivity contribution is 7.99. The summed E-state index contributed by atoms with van der Waals surface area (Å²) < 4.78 is 7.67. The van der Waals surface area contributed by atoms with Crippen molar-refractivity contribution in [3.05, 3.63) is 0 Å². The van der Waals surface area contributed by atoms with Gasteiger partial charge in [0.15, 0.2) is 0 Å². The summed E-state index contributed by atoms with van der Waals surface area (Å²) in [5, 5.41) is 0. The first-order valence-electron chi connectivity index (χ1n) is 3.35. The first-order chi connectivity index (χ1) is 4.98. The summed E-state index contributed by atoms with van der Waals surface area (Å²) in [5.41, 5.74) is 4.87. The molecule has 5 heteroatoms. The van der Waals surface area contributed by atoms with Gasteiger partial charge in [0.2, 0.25) is 0 Å². The molecule has 2 amide bonds. The Morgan fingerprint density at radius 3 is 2.64 bits per heavy atom. The van der Waals surface area contributed by atoms with E-state index in [-0.39, 0.29) is 0 Å². The molecule has 4 nitrogen and oxygen atoms in total. The van der Waals surface area contributed by atoms with Crippen LogP contribution in [0.5, 0.6) is 0 Å². The number of amides is 2. The second-order valence-corrected chi connectivity index (χ2v) is 3.79. The number of nitrogens with two attached hydrogens (primary N) is 1. The molecule has 0 spiro atoms. The van der Waals surface area contributed by atoms with Gasteiger partial charge in [-0.25, -0.2) is 4.79 Å². The van der Waals surface area contributed by atoms with Crippen molar-refractivity contribution in [3.8, 4) is 0 Å². The Balaban J connectivity index is 3.63. The van der Waals surface area contributed by atoms with Crippen molar-refractivity contribution in [2.45, 2.75) is 25.7 Å². The molecular formula is C6H14N2O2S. The zero-order valence-electron chi connectivity index (χ0n) is 7.01. The maximum atomic E-state index is 10.3. The number of urea groups is 1. The molecule has 0 atom stereocenters. The molecule has 0 bridgehead atoms. The fourth-order valence-corrected chi connectivity index (χ4v) is 1.07. The molecule has 0 radical (unpaired) electrons. The zero-order chi connectivity index (χ0) is 8.91. The van der Waals surface area contributed by atoms with Gasteiger partial charge in [0, 0.05) is 6.61 Å². The topological polar surface area (TPSA) is 64.3 Å². The first kappa shape index (κ1) is 10.6. The molecule has 0 heterocycles. The van der Waals surface area contributed by atoms with E-state index in [1.165, 1.54) is 0 Å². The SMILES string of the molecule is CCOC(C)(C)SNC(N)=O. The maximum absolute atomic E-state index is 10.3. The van der Waals surface area contributed by atoms with Crippen molar-refractivity contribution >= 4 is 18.0 Å². The van der Waals surface area contributed by atoms with Crippen LogP contribution in [0.1, 0.15) is 20.8 Å². The van der Waals surface area contributed by atoms with Gasteiger partial charge in [-0.05, 0) is 32.7 Å². The smallest absolute Gasteiger partial charge is 0.322 e. The Bertz CT molecular complexity index is 139. The van der Waals surface area contributed by atoms with E-state index in [0.717, 1.165) is 11.9 Å². The predicted octanol–water partition coefficient (Wildman–Crippen LogP) is 1.08. The van der Waals surface area contributed by atoms with Crippen LogP contribution in [0.15, 0.2) is 0 Å². The van der Waals surface area contributed by atoms with Crippen LogP contribution in [0.3, 0.4) is 0 Å². The van der Waals surface area contributed by atoms with E-state index in [0.29, 0.717) is 6.61 Å². The highest BCUT2D eigenvalue weighted by atomic mass is 32.2. The Hall–Kier alpha value is -0.420. The molecule has 0 saturated carbocycles. The molecule has 0 fully saturated rings. The fourth-order valence-electron chi connectivity index (χ4n) is 0.550. The molecule has 0 aromatic carbocycles. The van der Waals surface area contributed by atoms with Crippen molar-refractivity contribution in [2.75, 3.05) is 6.61 Å². The van der Waals surface area contributed by atoms with Crippen LogP contribution in [0.4, 0.5) is 4.79 Å². The highest BCUT2D eigenvalue weighted by Gasteiger charge is 2.18. The van der Waals surface area contributed by atoms with Crippen molar-refractivity contribution in [2.24, 2.45) is 5.73 Å². The van der Waals surface area contributed by atoms with Crippen LogP contribution < -0.4 is 10.5 Å². The molecule has 3 N–H and O–H groups in total. The minimum absolute atomic E-state index is 0.413. The Morgan fingerprint density at radius 2 is 2.27 bits per heavy atom. The average molecular weight is 178 g/mol. The molecule has 0 rings (SSSR count). The molecule has 0 aromatic heterocycles. The van der Waals surface area contributed by atoms with Crippen LogP contribution in [-0.4, -0.2) is 17.6 Å². The number of primary amides is 1. The van der Waals surface area contributed by atoms with E-state index in [2.05, 4.69) is 4.72 Å². The van der Waals surface area contributed by atoms with E-state index in [1.807, 2.05) is 20.8 Å². The van der Waals surface area contributed by atoms with E-state index in [9.17, 15) is 4.79 Å². The summed E-state index contributed by atoms with van der Waals surface area (Å²) >= 11 is 1.16. The zero-order valence-corrected chi connectivity index (χ0v) is 7.83. The summed E-state index contributed by atoms with van der Waals surface area (Å²) in [5.74, 6) is 0. The standard InChI is InChI=1S/C6H14N2O2S/c1-4-10-6(2,3)11-8-5(7)9/h4H2,1-3H3,(H3,7,8,9). The highest BCUT2D eigenvalue weighted by Crippen LogP contribution is 2.21. The average Bonchev–Trinajstić information content (AvgIpc) is 1.84. The molecule has 11 heavy (non-hydrogen) atoms. The van der Waals surface area contributed by atoms with Gasteiger partial charge in [-0.2, -0.15) is 0 Å². The second-order valence-electron chi connectivity index (χ2n) is 2.40. The van der Waals surface area contributed by atoms with Gasteiger partial charge < -0.3 is 10.5 Å². The minimum Gasteiger partial charge on any atom is -0.363 e. The van der Waals surface area contributed by atoms with E-state index in [4.69, 9.17) is 10.5 Å². The number of carbonyl (C=O) groups excluding carboxylic acids is 1. The van der Waals surface area contributed by atoms with E-state index >= 15 is 0 Å². The fraction of sp³-hybridized carbons (Fsp3) is 0.833. The van der Waals surface area contributed by atoms with Gasteiger partial charge in [0.25, 0.3) is 0 Å². The monoisotopic (exact) mass is 178 g/mol. The molecule has 0 aliphatic rings. The lowest BCUT2D eigenvalue weighted by Crippen LogP contribution is -2.31. The Morgan fingerprint density at radius 1 is 1.73 bits per heavy atom. The molecule has 66 valence electrons. The van der Waals surface area contributed by atoms with Crippen LogP contribution in [0.2, 0.25) is 0 Å². The second kappa shape index (κ2) is 4.46. The van der Waals surface area contributed by atoms with Gasteiger partial charge in [0.1, 0.15) is 4.93 Å². The number of hydrogen-bond donors (Lipinski definition) is 2. The van der Waals surface area contributed by atoms with Gasteiger partial charge in [-0.3, -0.25) is 4.72 Å². The Kier molecular flexibility index (Phi) is 4.29. The van der Waals surface area contributed by atoms with Crippen LogP contribution in [0.25, 0.3) is 0 Å². The number of hydrogen-bond acceptors (Lipinski definition) is 3. The summed E-state index contributed by atoms with van der Waals surface area (Å²) in [6, 6.07) is -0.553. The van der Waals surface area contributed by atoms with Crippen LogP contribution >= 0.6 is 11.9 Å². The Labute approximate surface area is 71.0 Å². The summed E-state index contributed by atoms with van der Waals surface area (Å²) in [6.07, 6.45) is 0.